The Morgan fingerprint density at radius 1 is 1.45 bits per heavy atom. The van der Waals surface area contributed by atoms with Crippen molar-refractivity contribution in [3.63, 3.8) is 0 Å². The number of nitrogens with zero attached hydrogens (tertiary/aromatic N) is 1. The van der Waals surface area contributed by atoms with Crippen molar-refractivity contribution < 1.29 is 14.4 Å². The number of rotatable bonds is 4. The molecule has 0 aromatic carbocycles. The average molecular weight is 157 g/mol. The van der Waals surface area contributed by atoms with Crippen LogP contribution in [0.2, 0.25) is 0 Å². The van der Waals surface area contributed by atoms with Crippen molar-refractivity contribution in [3.8, 4) is 0 Å². The Morgan fingerprint density at radius 3 is 2.27 bits per heavy atom. The molecule has 0 bridgehead atoms. The minimum atomic E-state index is -0.362. The number of carbonyl (C=O) groups excluding carboxylic acids is 2. The van der Waals surface area contributed by atoms with E-state index in [1.54, 1.807) is 6.92 Å². The fraction of sp³-hybridized carbons (Fsp3) is 0.571. The molecule has 62 valence electrons. The second kappa shape index (κ2) is 4.60. The van der Waals surface area contributed by atoms with Gasteiger partial charge in [-0.25, -0.2) is 0 Å². The number of oxime groups is 1. The average Bonchev–Trinajstić information content (AvgIpc) is 1.98. The quantitative estimate of drug-likeness (QED) is 0.340. The lowest BCUT2D eigenvalue weighted by atomic mass is 10.1. The van der Waals surface area contributed by atoms with E-state index in [-0.39, 0.29) is 23.7 Å². The summed E-state index contributed by atoms with van der Waals surface area (Å²) in [6.45, 7) is 2.95. The van der Waals surface area contributed by atoms with Crippen molar-refractivity contribution in [2.45, 2.75) is 20.3 Å². The summed E-state index contributed by atoms with van der Waals surface area (Å²) >= 11 is 0. The standard InChI is InChI=1S/C7H11NO3/c1-4-6(10)7(5(2)9)8-11-3/h4H2,1-3H3/b8-7+. The molecule has 4 heteroatoms. The number of carbonyl (C=O) groups is 2. The van der Waals surface area contributed by atoms with Crippen LogP contribution in [0.3, 0.4) is 0 Å². The Hall–Kier alpha value is -1.19. The smallest absolute Gasteiger partial charge is 0.188 e. The summed E-state index contributed by atoms with van der Waals surface area (Å²) in [5, 5.41) is 3.31. The predicted octanol–water partition coefficient (Wildman–Crippen LogP) is 0.557. The van der Waals surface area contributed by atoms with Crippen LogP contribution >= 0.6 is 0 Å². The highest BCUT2D eigenvalue weighted by Crippen LogP contribution is 1.89. The van der Waals surface area contributed by atoms with Gasteiger partial charge in [0.25, 0.3) is 0 Å². The first-order chi connectivity index (χ1) is 5.13. The summed E-state index contributed by atoms with van der Waals surface area (Å²) in [7, 11) is 1.30. The molecule has 0 aromatic rings. The Balaban J connectivity index is 4.48. The van der Waals surface area contributed by atoms with Gasteiger partial charge in [0.2, 0.25) is 0 Å². The van der Waals surface area contributed by atoms with E-state index in [9.17, 15) is 9.59 Å². The molecule has 0 aliphatic carbocycles. The molecule has 0 spiro atoms. The van der Waals surface area contributed by atoms with E-state index in [1.807, 2.05) is 0 Å². The van der Waals surface area contributed by atoms with Crippen LogP contribution in [0.1, 0.15) is 20.3 Å². The molecule has 0 aliphatic heterocycles. The lowest BCUT2D eigenvalue weighted by Crippen LogP contribution is -2.21. The Morgan fingerprint density at radius 2 is 2.00 bits per heavy atom. The molecule has 4 nitrogen and oxygen atoms in total. The minimum absolute atomic E-state index is 0.116. The van der Waals surface area contributed by atoms with Gasteiger partial charge in [0.15, 0.2) is 17.3 Å². The van der Waals surface area contributed by atoms with Crippen LogP contribution in [0.15, 0.2) is 5.16 Å². The third-order valence-corrected chi connectivity index (χ3v) is 1.10. The van der Waals surface area contributed by atoms with Crippen molar-refractivity contribution in [2.24, 2.45) is 5.16 Å². The van der Waals surface area contributed by atoms with Gasteiger partial charge in [0, 0.05) is 13.3 Å². The van der Waals surface area contributed by atoms with E-state index in [2.05, 4.69) is 9.99 Å². The molecule has 0 saturated heterocycles. The number of Topliss-reactive ketones (excluding diaryl/α,β-unsaturated/α-hetero) is 2. The number of hydrogen-bond donors (Lipinski definition) is 0. The lowest BCUT2D eigenvalue weighted by Gasteiger charge is -1.96. The van der Waals surface area contributed by atoms with Crippen LogP contribution in [0.25, 0.3) is 0 Å². The lowest BCUT2D eigenvalue weighted by molar-refractivity contribution is -0.116. The molecule has 0 N–H and O–H groups in total. The van der Waals surface area contributed by atoms with Crippen molar-refractivity contribution >= 4 is 17.3 Å². The second-order valence-corrected chi connectivity index (χ2v) is 1.96. The highest BCUT2D eigenvalue weighted by atomic mass is 16.6. The van der Waals surface area contributed by atoms with Gasteiger partial charge < -0.3 is 4.84 Å². The van der Waals surface area contributed by atoms with E-state index in [0.29, 0.717) is 0 Å². The first-order valence-corrected chi connectivity index (χ1v) is 3.28. The van der Waals surface area contributed by atoms with Gasteiger partial charge in [-0.3, -0.25) is 9.59 Å². The first kappa shape index (κ1) is 9.81. The van der Waals surface area contributed by atoms with E-state index < -0.39 is 0 Å². The van der Waals surface area contributed by atoms with E-state index >= 15 is 0 Å². The molecule has 0 aromatic heterocycles. The molecule has 0 radical (unpaired) electrons. The van der Waals surface area contributed by atoms with Gasteiger partial charge in [0.1, 0.15) is 7.11 Å². The van der Waals surface area contributed by atoms with Crippen LogP contribution in [0.4, 0.5) is 0 Å². The van der Waals surface area contributed by atoms with Crippen molar-refractivity contribution in [1.82, 2.24) is 0 Å². The number of hydrogen-bond acceptors (Lipinski definition) is 4. The molecule has 0 atom stereocenters. The normalized spacial score (nSPS) is 11.0. The molecule has 0 heterocycles. The zero-order chi connectivity index (χ0) is 8.85. The maximum Gasteiger partial charge on any atom is 0.188 e. The number of ketones is 2. The maximum atomic E-state index is 10.9. The van der Waals surface area contributed by atoms with Gasteiger partial charge in [-0.1, -0.05) is 12.1 Å². The zero-order valence-corrected chi connectivity index (χ0v) is 6.88. The topological polar surface area (TPSA) is 55.7 Å². The summed E-state index contributed by atoms with van der Waals surface area (Å²) in [4.78, 5) is 25.9. The van der Waals surface area contributed by atoms with Crippen molar-refractivity contribution in [3.05, 3.63) is 0 Å². The van der Waals surface area contributed by atoms with Crippen LogP contribution < -0.4 is 0 Å². The van der Waals surface area contributed by atoms with Gasteiger partial charge in [-0.15, -0.1) is 0 Å². The molecule has 0 saturated carbocycles. The minimum Gasteiger partial charge on any atom is -0.398 e. The fourth-order valence-corrected chi connectivity index (χ4v) is 0.570. The van der Waals surface area contributed by atoms with Crippen molar-refractivity contribution in [1.29, 1.82) is 0 Å². The third-order valence-electron chi connectivity index (χ3n) is 1.10. The van der Waals surface area contributed by atoms with E-state index in [0.717, 1.165) is 0 Å². The summed E-state index contributed by atoms with van der Waals surface area (Å²) in [5.74, 6) is -0.655. The molecule has 0 unspecified atom stereocenters. The fourth-order valence-electron chi connectivity index (χ4n) is 0.570. The van der Waals surface area contributed by atoms with Crippen LogP contribution in [0, 0.1) is 0 Å². The van der Waals surface area contributed by atoms with Gasteiger partial charge in [0.05, 0.1) is 0 Å². The monoisotopic (exact) mass is 157 g/mol. The van der Waals surface area contributed by atoms with Gasteiger partial charge in [-0.05, 0) is 0 Å². The molecular formula is C7H11NO3. The van der Waals surface area contributed by atoms with Crippen LogP contribution in [-0.2, 0) is 14.4 Å². The van der Waals surface area contributed by atoms with Gasteiger partial charge >= 0.3 is 0 Å². The third kappa shape index (κ3) is 2.93. The molecule has 11 heavy (non-hydrogen) atoms. The highest BCUT2D eigenvalue weighted by Gasteiger charge is 2.14. The molecule has 0 amide bonds. The molecular weight excluding hydrogens is 146 g/mol. The van der Waals surface area contributed by atoms with E-state index in [4.69, 9.17) is 0 Å². The summed E-state index contributed by atoms with van der Waals surface area (Å²) in [6, 6.07) is 0. The Bertz CT molecular complexity index is 196. The first-order valence-electron chi connectivity index (χ1n) is 3.28. The van der Waals surface area contributed by atoms with Crippen molar-refractivity contribution in [2.75, 3.05) is 7.11 Å². The molecule has 0 aliphatic rings. The molecule has 0 rings (SSSR count). The SMILES string of the molecule is CCC(=O)/C(=N/OC)C(C)=O. The largest absolute Gasteiger partial charge is 0.398 e. The maximum absolute atomic E-state index is 10.9. The predicted molar refractivity (Wildman–Crippen MR) is 40.4 cm³/mol. The zero-order valence-electron chi connectivity index (χ0n) is 6.88. The van der Waals surface area contributed by atoms with E-state index in [1.165, 1.54) is 14.0 Å². The van der Waals surface area contributed by atoms with Crippen LogP contribution in [-0.4, -0.2) is 24.4 Å². The summed E-state index contributed by atoms with van der Waals surface area (Å²) in [5.41, 5.74) is -0.116. The highest BCUT2D eigenvalue weighted by molar-refractivity contribution is 6.65. The Kier molecular flexibility index (Phi) is 4.10. The van der Waals surface area contributed by atoms with Gasteiger partial charge in [-0.2, -0.15) is 0 Å². The molecule has 0 fully saturated rings. The second-order valence-electron chi connectivity index (χ2n) is 1.96. The summed E-state index contributed by atoms with van der Waals surface area (Å²) in [6.07, 6.45) is 0.266. The summed E-state index contributed by atoms with van der Waals surface area (Å²) < 4.78 is 0. The van der Waals surface area contributed by atoms with Crippen LogP contribution in [0.5, 0.6) is 0 Å². The Labute approximate surface area is 65.2 Å².